The molecule has 5 heteroatoms. The third-order valence-corrected chi connectivity index (χ3v) is 4.70. The van der Waals surface area contributed by atoms with E-state index in [1.165, 1.54) is 11.6 Å². The van der Waals surface area contributed by atoms with Crippen LogP contribution in [0.2, 0.25) is 0 Å². The van der Waals surface area contributed by atoms with Gasteiger partial charge in [0.25, 0.3) is 0 Å². The van der Waals surface area contributed by atoms with Crippen LogP contribution in [0.4, 0.5) is 13.2 Å². The maximum Gasteiger partial charge on any atom is 0.387 e. The maximum absolute atomic E-state index is 15.0. The van der Waals surface area contributed by atoms with Gasteiger partial charge in [-0.3, -0.25) is 0 Å². The Morgan fingerprint density at radius 3 is 2.43 bits per heavy atom. The van der Waals surface area contributed by atoms with E-state index in [0.29, 0.717) is 5.39 Å². The molecule has 0 aliphatic rings. The predicted molar refractivity (Wildman–Crippen MR) is 115 cm³/mol. The van der Waals surface area contributed by atoms with Crippen LogP contribution in [0.3, 0.4) is 0 Å². The number of allylic oxidation sites excluding steroid dienone is 2. The molecule has 0 saturated carbocycles. The molecule has 0 fully saturated rings. The first-order chi connectivity index (χ1) is 14.5. The monoisotopic (exact) mass is 412 g/mol. The van der Waals surface area contributed by atoms with Crippen molar-refractivity contribution in [2.24, 2.45) is 0 Å². The molecule has 0 heterocycles. The molecule has 0 aliphatic carbocycles. The van der Waals surface area contributed by atoms with Crippen molar-refractivity contribution in [3.05, 3.63) is 84.7 Å². The first-order valence-electron chi connectivity index (χ1n) is 9.68. The van der Waals surface area contributed by atoms with Gasteiger partial charge in [-0.15, -0.1) is 6.58 Å². The van der Waals surface area contributed by atoms with Gasteiger partial charge in [0.15, 0.2) is 17.3 Å². The average Bonchev–Trinajstić information content (AvgIpc) is 2.74. The summed E-state index contributed by atoms with van der Waals surface area (Å²) in [6.07, 6.45) is 7.07. The standard InChI is InChI=1S/C25H23F3O2/c1-3-5-7-17-8-10-18(11-9-17)19-12-13-21-20(15-19)16-22(30-25(27)28)24(23(21)26)29-14-6-4-2/h3-4,6,8-13,15-16,25H,1,5,7,14H2,2H3. The summed E-state index contributed by atoms with van der Waals surface area (Å²) in [7, 11) is 0. The van der Waals surface area contributed by atoms with Crippen molar-refractivity contribution >= 4 is 10.8 Å². The Morgan fingerprint density at radius 2 is 1.77 bits per heavy atom. The highest BCUT2D eigenvalue weighted by molar-refractivity contribution is 5.90. The molecule has 0 bridgehead atoms. The van der Waals surface area contributed by atoms with Crippen molar-refractivity contribution in [3.63, 3.8) is 0 Å². The summed E-state index contributed by atoms with van der Waals surface area (Å²) in [5.74, 6) is -1.37. The molecule has 3 aromatic carbocycles. The van der Waals surface area contributed by atoms with Gasteiger partial charge in [0, 0.05) is 5.39 Å². The first kappa shape index (κ1) is 21.5. The number of rotatable bonds is 9. The minimum Gasteiger partial charge on any atom is -0.483 e. The summed E-state index contributed by atoms with van der Waals surface area (Å²) < 4.78 is 50.7. The average molecular weight is 412 g/mol. The minimum atomic E-state index is -3.09. The number of hydrogen-bond acceptors (Lipinski definition) is 2. The van der Waals surface area contributed by atoms with Crippen LogP contribution in [0.1, 0.15) is 18.9 Å². The lowest BCUT2D eigenvalue weighted by Crippen LogP contribution is -2.06. The molecule has 0 radical (unpaired) electrons. The second kappa shape index (κ2) is 10.0. The molecule has 0 N–H and O–H groups in total. The van der Waals surface area contributed by atoms with Gasteiger partial charge in [0.2, 0.25) is 0 Å². The number of hydrogen-bond donors (Lipinski definition) is 0. The highest BCUT2D eigenvalue weighted by atomic mass is 19.3. The molecule has 0 spiro atoms. The molecule has 0 amide bonds. The summed E-state index contributed by atoms with van der Waals surface area (Å²) in [6.45, 7) is 2.48. The van der Waals surface area contributed by atoms with Crippen LogP contribution < -0.4 is 9.47 Å². The third-order valence-electron chi connectivity index (χ3n) is 4.70. The molecule has 156 valence electrons. The number of benzene rings is 3. The van der Waals surface area contributed by atoms with Crippen LogP contribution in [0.5, 0.6) is 11.5 Å². The zero-order chi connectivity index (χ0) is 21.5. The molecular weight excluding hydrogens is 389 g/mol. The highest BCUT2D eigenvalue weighted by Crippen LogP contribution is 2.39. The Bertz CT molecular complexity index is 1040. The van der Waals surface area contributed by atoms with Crippen LogP contribution >= 0.6 is 0 Å². The molecule has 0 saturated heterocycles. The lowest BCUT2D eigenvalue weighted by molar-refractivity contribution is -0.0515. The minimum absolute atomic E-state index is 0.0504. The smallest absolute Gasteiger partial charge is 0.387 e. The van der Waals surface area contributed by atoms with E-state index in [0.717, 1.165) is 24.0 Å². The lowest BCUT2D eigenvalue weighted by atomic mass is 9.99. The topological polar surface area (TPSA) is 18.5 Å². The van der Waals surface area contributed by atoms with Crippen molar-refractivity contribution in [3.8, 4) is 22.6 Å². The van der Waals surface area contributed by atoms with Gasteiger partial charge in [0.05, 0.1) is 0 Å². The van der Waals surface area contributed by atoms with Crippen molar-refractivity contribution in [1.29, 1.82) is 0 Å². The van der Waals surface area contributed by atoms with Gasteiger partial charge in [-0.1, -0.05) is 54.6 Å². The van der Waals surface area contributed by atoms with Crippen molar-refractivity contribution < 1.29 is 22.6 Å². The van der Waals surface area contributed by atoms with Gasteiger partial charge < -0.3 is 9.47 Å². The number of ether oxygens (including phenoxy) is 2. The zero-order valence-electron chi connectivity index (χ0n) is 16.7. The van der Waals surface area contributed by atoms with E-state index in [2.05, 4.69) is 11.3 Å². The molecule has 2 nitrogen and oxygen atoms in total. The second-order valence-electron chi connectivity index (χ2n) is 6.74. The Hall–Kier alpha value is -3.21. The predicted octanol–water partition coefficient (Wildman–Crippen LogP) is 7.32. The van der Waals surface area contributed by atoms with Crippen LogP contribution in [0.25, 0.3) is 21.9 Å². The van der Waals surface area contributed by atoms with E-state index in [1.54, 1.807) is 37.3 Å². The molecule has 0 unspecified atom stereocenters. The van der Waals surface area contributed by atoms with E-state index in [9.17, 15) is 8.78 Å². The van der Waals surface area contributed by atoms with E-state index in [-0.39, 0.29) is 23.5 Å². The second-order valence-corrected chi connectivity index (χ2v) is 6.74. The van der Waals surface area contributed by atoms with Crippen molar-refractivity contribution in [2.45, 2.75) is 26.4 Å². The zero-order valence-corrected chi connectivity index (χ0v) is 16.7. The maximum atomic E-state index is 15.0. The SMILES string of the molecule is C=CCCc1ccc(-c2ccc3c(F)c(OCC=CC)c(OC(F)F)cc3c2)cc1. The Morgan fingerprint density at radius 1 is 1.03 bits per heavy atom. The van der Waals surface area contributed by atoms with E-state index < -0.39 is 12.4 Å². The van der Waals surface area contributed by atoms with E-state index in [1.807, 2.05) is 30.3 Å². The fourth-order valence-corrected chi connectivity index (χ4v) is 3.18. The molecule has 0 aliphatic heterocycles. The molecule has 0 aromatic heterocycles. The van der Waals surface area contributed by atoms with Crippen molar-refractivity contribution in [1.82, 2.24) is 0 Å². The van der Waals surface area contributed by atoms with Gasteiger partial charge in [-0.05, 0) is 54.0 Å². The molecule has 0 atom stereocenters. The summed E-state index contributed by atoms with van der Waals surface area (Å²) in [5.41, 5.74) is 2.99. The fourth-order valence-electron chi connectivity index (χ4n) is 3.18. The third kappa shape index (κ3) is 5.03. The van der Waals surface area contributed by atoms with Gasteiger partial charge >= 0.3 is 6.61 Å². The lowest BCUT2D eigenvalue weighted by Gasteiger charge is -2.15. The number of fused-ring (bicyclic) bond motifs is 1. The fraction of sp³-hybridized carbons (Fsp3) is 0.200. The Kier molecular flexibility index (Phi) is 7.17. The Balaban J connectivity index is 2.00. The summed E-state index contributed by atoms with van der Waals surface area (Å²) in [4.78, 5) is 0. The van der Waals surface area contributed by atoms with E-state index >= 15 is 4.39 Å². The molecule has 3 rings (SSSR count). The number of halogens is 3. The largest absolute Gasteiger partial charge is 0.483 e. The van der Waals surface area contributed by atoms with Crippen LogP contribution in [-0.4, -0.2) is 13.2 Å². The molecular formula is C25H23F3O2. The summed E-state index contributed by atoms with van der Waals surface area (Å²) in [6, 6.07) is 14.6. The van der Waals surface area contributed by atoms with E-state index in [4.69, 9.17) is 4.74 Å². The van der Waals surface area contributed by atoms with Gasteiger partial charge in [-0.25, -0.2) is 4.39 Å². The van der Waals surface area contributed by atoms with Gasteiger partial charge in [0.1, 0.15) is 6.61 Å². The van der Waals surface area contributed by atoms with Crippen LogP contribution in [-0.2, 0) is 6.42 Å². The first-order valence-corrected chi connectivity index (χ1v) is 9.68. The van der Waals surface area contributed by atoms with Gasteiger partial charge in [-0.2, -0.15) is 8.78 Å². The van der Waals surface area contributed by atoms with Crippen molar-refractivity contribution in [2.75, 3.05) is 6.61 Å². The molecule has 3 aromatic rings. The highest BCUT2D eigenvalue weighted by Gasteiger charge is 2.19. The Labute approximate surface area is 174 Å². The van der Waals surface area contributed by atoms with Crippen LogP contribution in [0.15, 0.2) is 73.3 Å². The van der Waals surface area contributed by atoms with Crippen LogP contribution in [0, 0.1) is 5.82 Å². The summed E-state index contributed by atoms with van der Waals surface area (Å²) in [5, 5.41) is 0.730. The summed E-state index contributed by atoms with van der Waals surface area (Å²) >= 11 is 0. The number of alkyl halides is 2. The molecule has 30 heavy (non-hydrogen) atoms. The normalized spacial score (nSPS) is 11.4. The quantitative estimate of drug-likeness (QED) is 0.343. The number of aryl methyl sites for hydroxylation is 1.